The molecule has 0 fully saturated rings. The molecule has 0 aliphatic heterocycles. The smallest absolute Gasteiger partial charge is 0.330 e. The van der Waals surface area contributed by atoms with Gasteiger partial charge < -0.3 is 11.1 Å². The number of urea groups is 1. The number of hydrogen-bond acceptors (Lipinski definition) is 4. The van der Waals surface area contributed by atoms with Gasteiger partial charge >= 0.3 is 11.7 Å². The number of carbonyl (C=O) groups excluding carboxylic acids is 1. The Bertz CT molecular complexity index is 934. The minimum Gasteiger partial charge on any atom is -0.383 e. The average Bonchev–Trinajstić information content (AvgIpc) is 2.62. The van der Waals surface area contributed by atoms with Crippen LogP contribution in [0.25, 0.3) is 0 Å². The van der Waals surface area contributed by atoms with Crippen LogP contribution in [0.4, 0.5) is 26.4 Å². The topological polar surface area (TPSA) is 113 Å². The number of H-pyrrole nitrogens is 1. The SMILES string of the molecule is CCCCn1c(N)c(N(CC(C)C)C(=O)Nc2ccc(F)cc2)c(=O)[nH]c1=O. The maximum atomic E-state index is 13.1. The predicted octanol–water partition coefficient (Wildman–Crippen LogP) is 2.75. The summed E-state index contributed by atoms with van der Waals surface area (Å²) in [5.41, 5.74) is 5.08. The molecule has 2 rings (SSSR count). The number of rotatable bonds is 7. The highest BCUT2D eigenvalue weighted by atomic mass is 19.1. The highest BCUT2D eigenvalue weighted by Crippen LogP contribution is 2.20. The Labute approximate surface area is 162 Å². The number of amides is 2. The van der Waals surface area contributed by atoms with E-state index in [-0.39, 0.29) is 24.0 Å². The number of hydrogen-bond donors (Lipinski definition) is 3. The molecule has 1 aromatic carbocycles. The minimum absolute atomic E-state index is 0.0220. The van der Waals surface area contributed by atoms with Crippen LogP contribution in [0.1, 0.15) is 33.6 Å². The fourth-order valence-corrected chi connectivity index (χ4v) is 2.74. The molecule has 0 atom stereocenters. The lowest BCUT2D eigenvalue weighted by Gasteiger charge is -2.26. The summed E-state index contributed by atoms with van der Waals surface area (Å²) < 4.78 is 14.4. The summed E-state index contributed by atoms with van der Waals surface area (Å²) in [6, 6.07) is 4.66. The molecule has 0 aliphatic rings. The molecule has 0 unspecified atom stereocenters. The van der Waals surface area contributed by atoms with Gasteiger partial charge in [-0.1, -0.05) is 27.2 Å². The molecular formula is C19H26FN5O3. The van der Waals surface area contributed by atoms with Crippen molar-refractivity contribution < 1.29 is 9.18 Å². The predicted molar refractivity (Wildman–Crippen MR) is 108 cm³/mol. The van der Waals surface area contributed by atoms with Gasteiger partial charge in [-0.25, -0.2) is 14.0 Å². The number of nitrogen functional groups attached to an aromatic ring is 1. The Balaban J connectivity index is 2.47. The summed E-state index contributed by atoms with van der Waals surface area (Å²) in [7, 11) is 0. The van der Waals surface area contributed by atoms with Crippen molar-refractivity contribution in [3.63, 3.8) is 0 Å². The van der Waals surface area contributed by atoms with Crippen molar-refractivity contribution in [3.05, 3.63) is 50.9 Å². The second-order valence-corrected chi connectivity index (χ2v) is 6.94. The van der Waals surface area contributed by atoms with E-state index in [0.717, 1.165) is 6.42 Å². The number of anilines is 3. The third-order valence-electron chi connectivity index (χ3n) is 4.11. The molecule has 28 heavy (non-hydrogen) atoms. The normalized spacial score (nSPS) is 10.9. The third kappa shape index (κ3) is 4.99. The van der Waals surface area contributed by atoms with E-state index in [4.69, 9.17) is 5.73 Å². The van der Waals surface area contributed by atoms with Crippen LogP contribution in [0.2, 0.25) is 0 Å². The lowest BCUT2D eigenvalue weighted by molar-refractivity contribution is 0.256. The molecule has 0 radical (unpaired) electrons. The molecule has 1 heterocycles. The van der Waals surface area contributed by atoms with E-state index in [1.807, 2.05) is 20.8 Å². The fraction of sp³-hybridized carbons (Fsp3) is 0.421. The van der Waals surface area contributed by atoms with E-state index in [0.29, 0.717) is 18.7 Å². The lowest BCUT2D eigenvalue weighted by atomic mass is 10.2. The van der Waals surface area contributed by atoms with Gasteiger partial charge in [-0.2, -0.15) is 0 Å². The van der Waals surface area contributed by atoms with Crippen LogP contribution in [-0.2, 0) is 6.54 Å². The zero-order chi connectivity index (χ0) is 20.8. The molecule has 0 saturated carbocycles. The summed E-state index contributed by atoms with van der Waals surface area (Å²) in [4.78, 5) is 40.9. The Morgan fingerprint density at radius 3 is 2.50 bits per heavy atom. The van der Waals surface area contributed by atoms with Crippen LogP contribution in [0.15, 0.2) is 33.9 Å². The van der Waals surface area contributed by atoms with Crippen molar-refractivity contribution >= 4 is 23.2 Å². The van der Waals surface area contributed by atoms with E-state index in [2.05, 4.69) is 10.3 Å². The van der Waals surface area contributed by atoms with E-state index in [9.17, 15) is 18.8 Å². The van der Waals surface area contributed by atoms with Crippen molar-refractivity contribution in [2.45, 2.75) is 40.2 Å². The molecule has 0 spiro atoms. The molecule has 4 N–H and O–H groups in total. The molecule has 1 aromatic heterocycles. The van der Waals surface area contributed by atoms with Crippen molar-refractivity contribution in [1.82, 2.24) is 9.55 Å². The third-order valence-corrected chi connectivity index (χ3v) is 4.11. The van der Waals surface area contributed by atoms with Crippen LogP contribution >= 0.6 is 0 Å². The fourth-order valence-electron chi connectivity index (χ4n) is 2.74. The molecule has 152 valence electrons. The first-order chi connectivity index (χ1) is 13.2. The lowest BCUT2D eigenvalue weighted by Crippen LogP contribution is -2.44. The molecule has 0 aliphatic carbocycles. The summed E-state index contributed by atoms with van der Waals surface area (Å²) in [5.74, 6) is -0.466. The number of aromatic nitrogens is 2. The summed E-state index contributed by atoms with van der Waals surface area (Å²) >= 11 is 0. The summed E-state index contributed by atoms with van der Waals surface area (Å²) in [6.45, 7) is 6.27. The van der Waals surface area contributed by atoms with Gasteiger partial charge in [0.05, 0.1) is 0 Å². The second kappa shape index (κ2) is 9.20. The second-order valence-electron chi connectivity index (χ2n) is 6.94. The molecule has 8 nitrogen and oxygen atoms in total. The van der Waals surface area contributed by atoms with Crippen LogP contribution < -0.4 is 27.2 Å². The maximum absolute atomic E-state index is 13.1. The monoisotopic (exact) mass is 391 g/mol. The zero-order valence-electron chi connectivity index (χ0n) is 16.3. The average molecular weight is 391 g/mol. The number of nitrogens with two attached hydrogens (primary N) is 1. The Morgan fingerprint density at radius 2 is 1.93 bits per heavy atom. The molecule has 0 saturated heterocycles. The summed E-state index contributed by atoms with van der Waals surface area (Å²) in [6.07, 6.45) is 1.53. The number of halogens is 1. The number of unbranched alkanes of at least 4 members (excludes halogenated alkanes) is 1. The Morgan fingerprint density at radius 1 is 1.29 bits per heavy atom. The van der Waals surface area contributed by atoms with Gasteiger partial charge in [0.15, 0.2) is 5.69 Å². The van der Waals surface area contributed by atoms with Gasteiger partial charge in [0.2, 0.25) is 0 Å². The standard InChI is InChI=1S/C19H26FN5O3/c1-4-5-10-24-16(21)15(17(26)23-19(24)28)25(11-12(2)3)18(27)22-14-8-6-13(20)7-9-14/h6-9,12H,4-5,10-11,21H2,1-3H3,(H,22,27)(H,23,26,28). The summed E-state index contributed by atoms with van der Waals surface area (Å²) in [5, 5.41) is 2.63. The van der Waals surface area contributed by atoms with E-state index in [1.54, 1.807) is 0 Å². The van der Waals surface area contributed by atoms with Crippen molar-refractivity contribution in [2.75, 3.05) is 22.5 Å². The van der Waals surface area contributed by atoms with E-state index < -0.39 is 23.1 Å². The molecule has 2 aromatic rings. The largest absolute Gasteiger partial charge is 0.383 e. The van der Waals surface area contributed by atoms with Crippen molar-refractivity contribution in [1.29, 1.82) is 0 Å². The van der Waals surface area contributed by atoms with E-state index in [1.165, 1.54) is 33.7 Å². The Hall–Kier alpha value is -3.10. The van der Waals surface area contributed by atoms with Crippen LogP contribution in [0.3, 0.4) is 0 Å². The van der Waals surface area contributed by atoms with Gasteiger partial charge in [0.1, 0.15) is 11.6 Å². The van der Waals surface area contributed by atoms with Crippen LogP contribution in [0.5, 0.6) is 0 Å². The van der Waals surface area contributed by atoms with Gasteiger partial charge in [-0.15, -0.1) is 0 Å². The first-order valence-electron chi connectivity index (χ1n) is 9.21. The van der Waals surface area contributed by atoms with Crippen molar-refractivity contribution in [3.8, 4) is 0 Å². The first kappa shape index (κ1) is 21.2. The van der Waals surface area contributed by atoms with Gasteiger partial charge in [0.25, 0.3) is 5.56 Å². The van der Waals surface area contributed by atoms with Crippen molar-refractivity contribution in [2.24, 2.45) is 5.92 Å². The minimum atomic E-state index is -0.731. The quantitative estimate of drug-likeness (QED) is 0.673. The van der Waals surface area contributed by atoms with Gasteiger partial charge in [-0.3, -0.25) is 19.2 Å². The molecule has 2 amide bonds. The molecule has 0 bridgehead atoms. The maximum Gasteiger partial charge on any atom is 0.330 e. The van der Waals surface area contributed by atoms with Crippen LogP contribution in [0, 0.1) is 11.7 Å². The highest BCUT2D eigenvalue weighted by molar-refractivity contribution is 6.03. The first-order valence-corrected chi connectivity index (χ1v) is 9.21. The van der Waals surface area contributed by atoms with Gasteiger partial charge in [-0.05, 0) is 36.6 Å². The number of benzene rings is 1. The van der Waals surface area contributed by atoms with E-state index >= 15 is 0 Å². The molecule has 9 heteroatoms. The number of nitrogens with zero attached hydrogens (tertiary/aromatic N) is 2. The van der Waals surface area contributed by atoms with Gasteiger partial charge in [0, 0.05) is 18.8 Å². The molecular weight excluding hydrogens is 365 g/mol. The number of aromatic amines is 1. The number of nitrogens with one attached hydrogen (secondary N) is 2. The highest BCUT2D eigenvalue weighted by Gasteiger charge is 2.25. The number of carbonyl (C=O) groups is 1. The zero-order valence-corrected chi connectivity index (χ0v) is 16.3. The Kier molecular flexibility index (Phi) is 6.97. The van der Waals surface area contributed by atoms with Crippen LogP contribution in [-0.4, -0.2) is 22.1 Å².